The number of ether oxygens (including phenoxy) is 2. The zero-order chi connectivity index (χ0) is 12.3. The molecule has 1 N–H and O–H groups in total. The number of aliphatic hydroxyl groups is 1. The molecule has 17 heavy (non-hydrogen) atoms. The number of rotatable bonds is 4. The number of hydrogen-bond donors (Lipinski definition) is 1. The topological polar surface area (TPSA) is 38.7 Å². The van der Waals surface area contributed by atoms with Crippen molar-refractivity contribution in [2.24, 2.45) is 5.92 Å². The zero-order valence-corrected chi connectivity index (χ0v) is 9.18. The molecule has 5 heteroatoms. The van der Waals surface area contributed by atoms with Gasteiger partial charge in [-0.25, -0.2) is 0 Å². The molecule has 1 aromatic rings. The first kappa shape index (κ1) is 12.3. The minimum atomic E-state index is -2.89. The Morgan fingerprint density at radius 3 is 2.76 bits per heavy atom. The van der Waals surface area contributed by atoms with Gasteiger partial charge in [-0.2, -0.15) is 8.78 Å². The van der Waals surface area contributed by atoms with Crippen molar-refractivity contribution in [3.63, 3.8) is 0 Å². The third-order valence-corrected chi connectivity index (χ3v) is 2.87. The third-order valence-electron chi connectivity index (χ3n) is 2.87. The van der Waals surface area contributed by atoms with Gasteiger partial charge in [0.15, 0.2) is 0 Å². The van der Waals surface area contributed by atoms with E-state index in [9.17, 15) is 13.9 Å². The van der Waals surface area contributed by atoms with Gasteiger partial charge in [0, 0.05) is 18.1 Å². The summed E-state index contributed by atoms with van der Waals surface area (Å²) in [6, 6.07) is 6.31. The van der Waals surface area contributed by atoms with Crippen LogP contribution in [0.5, 0.6) is 5.75 Å². The fourth-order valence-corrected chi connectivity index (χ4v) is 1.98. The first-order valence-electron chi connectivity index (χ1n) is 5.48. The predicted octanol–water partition coefficient (Wildman–Crippen LogP) is 2.36. The molecule has 1 aliphatic heterocycles. The Morgan fingerprint density at radius 1 is 1.35 bits per heavy atom. The lowest BCUT2D eigenvalue weighted by molar-refractivity contribution is -0.0522. The van der Waals surface area contributed by atoms with Crippen molar-refractivity contribution in [3.8, 4) is 5.75 Å². The molecule has 1 heterocycles. The molecular formula is C12H14F2O3. The quantitative estimate of drug-likeness (QED) is 0.883. The van der Waals surface area contributed by atoms with Crippen LogP contribution in [-0.2, 0) is 4.74 Å². The standard InChI is InChI=1S/C12H14F2O3/c13-12(14)17-10-4-2-1-3-9(10)11(15)8-5-6-16-7-8/h1-4,8,11-12,15H,5-7H2. The second-order valence-corrected chi connectivity index (χ2v) is 3.98. The summed E-state index contributed by atoms with van der Waals surface area (Å²) < 4.78 is 34.0. The molecule has 2 rings (SSSR count). The molecule has 1 aliphatic rings. The summed E-state index contributed by atoms with van der Waals surface area (Å²) in [5.41, 5.74) is 0.392. The summed E-state index contributed by atoms with van der Waals surface area (Å²) in [7, 11) is 0. The maximum atomic E-state index is 12.2. The fourth-order valence-electron chi connectivity index (χ4n) is 1.98. The van der Waals surface area contributed by atoms with Gasteiger partial charge in [0.25, 0.3) is 0 Å². The number of halogens is 2. The zero-order valence-electron chi connectivity index (χ0n) is 9.18. The van der Waals surface area contributed by atoms with Crippen molar-refractivity contribution < 1.29 is 23.4 Å². The Hall–Kier alpha value is -1.20. The Labute approximate surface area is 98.0 Å². The molecule has 0 bridgehead atoms. The average molecular weight is 244 g/mol. The highest BCUT2D eigenvalue weighted by Crippen LogP contribution is 2.34. The normalized spacial score (nSPS) is 21.8. The first-order chi connectivity index (χ1) is 8.18. The van der Waals surface area contributed by atoms with Gasteiger partial charge in [0.1, 0.15) is 5.75 Å². The predicted molar refractivity (Wildman–Crippen MR) is 57.0 cm³/mol. The first-order valence-corrected chi connectivity index (χ1v) is 5.48. The van der Waals surface area contributed by atoms with E-state index in [1.54, 1.807) is 18.2 Å². The van der Waals surface area contributed by atoms with Crippen LogP contribution in [0.2, 0.25) is 0 Å². The van der Waals surface area contributed by atoms with Crippen molar-refractivity contribution in [2.45, 2.75) is 19.1 Å². The van der Waals surface area contributed by atoms with Crippen molar-refractivity contribution in [3.05, 3.63) is 29.8 Å². The Balaban J connectivity index is 2.18. The molecular weight excluding hydrogens is 230 g/mol. The number of aliphatic hydroxyl groups excluding tert-OH is 1. The van der Waals surface area contributed by atoms with E-state index in [1.165, 1.54) is 6.07 Å². The van der Waals surface area contributed by atoms with Gasteiger partial charge in [0.05, 0.1) is 12.7 Å². The molecule has 94 valence electrons. The SMILES string of the molecule is OC(c1ccccc1OC(F)F)C1CCOC1. The minimum absolute atomic E-state index is 0.0295. The van der Waals surface area contributed by atoms with Crippen LogP contribution in [0.1, 0.15) is 18.1 Å². The maximum absolute atomic E-state index is 12.2. The van der Waals surface area contributed by atoms with Crippen molar-refractivity contribution in [2.75, 3.05) is 13.2 Å². The second kappa shape index (κ2) is 5.42. The van der Waals surface area contributed by atoms with Gasteiger partial charge in [-0.05, 0) is 12.5 Å². The Kier molecular flexibility index (Phi) is 3.91. The third kappa shape index (κ3) is 2.92. The molecule has 1 aromatic carbocycles. The van der Waals surface area contributed by atoms with E-state index in [4.69, 9.17) is 4.74 Å². The summed E-state index contributed by atoms with van der Waals surface area (Å²) in [5, 5.41) is 10.1. The van der Waals surface area contributed by atoms with Crippen LogP contribution in [-0.4, -0.2) is 24.9 Å². The van der Waals surface area contributed by atoms with Crippen LogP contribution < -0.4 is 4.74 Å². The summed E-state index contributed by atoms with van der Waals surface area (Å²) in [5.74, 6) is -0.0284. The van der Waals surface area contributed by atoms with Crippen LogP contribution in [0, 0.1) is 5.92 Å². The van der Waals surface area contributed by atoms with Gasteiger partial charge in [-0.3, -0.25) is 0 Å². The number of benzene rings is 1. The number of alkyl halides is 2. The molecule has 2 atom stereocenters. The molecule has 0 aliphatic carbocycles. The fraction of sp³-hybridized carbons (Fsp3) is 0.500. The highest BCUT2D eigenvalue weighted by atomic mass is 19.3. The Bertz CT molecular complexity index is 365. The molecule has 1 fully saturated rings. The molecule has 3 nitrogen and oxygen atoms in total. The van der Waals surface area contributed by atoms with E-state index in [0.717, 1.165) is 6.42 Å². The highest BCUT2D eigenvalue weighted by Gasteiger charge is 2.27. The van der Waals surface area contributed by atoms with Crippen LogP contribution in [0.25, 0.3) is 0 Å². The Morgan fingerprint density at radius 2 is 2.12 bits per heavy atom. The van der Waals surface area contributed by atoms with Crippen molar-refractivity contribution >= 4 is 0 Å². The van der Waals surface area contributed by atoms with Gasteiger partial charge in [0.2, 0.25) is 0 Å². The van der Waals surface area contributed by atoms with Crippen LogP contribution >= 0.6 is 0 Å². The van der Waals surface area contributed by atoms with E-state index in [2.05, 4.69) is 4.74 Å². The maximum Gasteiger partial charge on any atom is 0.387 e. The lowest BCUT2D eigenvalue weighted by Crippen LogP contribution is -2.14. The van der Waals surface area contributed by atoms with Gasteiger partial charge < -0.3 is 14.6 Å². The summed E-state index contributed by atoms with van der Waals surface area (Å²) in [6.07, 6.45) is -0.100. The largest absolute Gasteiger partial charge is 0.434 e. The van der Waals surface area contributed by atoms with E-state index < -0.39 is 12.7 Å². The van der Waals surface area contributed by atoms with Crippen molar-refractivity contribution in [1.29, 1.82) is 0 Å². The number of hydrogen-bond acceptors (Lipinski definition) is 3. The molecule has 0 radical (unpaired) electrons. The molecule has 0 aromatic heterocycles. The lowest BCUT2D eigenvalue weighted by Gasteiger charge is -2.19. The summed E-state index contributed by atoms with van der Waals surface area (Å²) in [4.78, 5) is 0. The highest BCUT2D eigenvalue weighted by molar-refractivity contribution is 5.35. The smallest absolute Gasteiger partial charge is 0.387 e. The average Bonchev–Trinajstić information content (AvgIpc) is 2.81. The van der Waals surface area contributed by atoms with E-state index in [1.807, 2.05) is 0 Å². The van der Waals surface area contributed by atoms with Crippen LogP contribution in [0.4, 0.5) is 8.78 Å². The van der Waals surface area contributed by atoms with Crippen molar-refractivity contribution in [1.82, 2.24) is 0 Å². The van der Waals surface area contributed by atoms with Crippen LogP contribution in [0.3, 0.4) is 0 Å². The van der Waals surface area contributed by atoms with E-state index in [-0.39, 0.29) is 11.7 Å². The molecule has 0 saturated carbocycles. The molecule has 1 saturated heterocycles. The van der Waals surface area contributed by atoms with Gasteiger partial charge in [-0.1, -0.05) is 18.2 Å². The summed E-state index contributed by atoms with van der Waals surface area (Å²) >= 11 is 0. The molecule has 0 spiro atoms. The molecule has 0 amide bonds. The molecule has 2 unspecified atom stereocenters. The van der Waals surface area contributed by atoms with Gasteiger partial charge >= 0.3 is 6.61 Å². The lowest BCUT2D eigenvalue weighted by atomic mass is 9.94. The number of para-hydroxylation sites is 1. The summed E-state index contributed by atoms with van der Waals surface area (Å²) in [6.45, 7) is -1.84. The minimum Gasteiger partial charge on any atom is -0.434 e. The van der Waals surface area contributed by atoms with Gasteiger partial charge in [-0.15, -0.1) is 0 Å². The van der Waals surface area contributed by atoms with Crippen LogP contribution in [0.15, 0.2) is 24.3 Å². The monoisotopic (exact) mass is 244 g/mol. The second-order valence-electron chi connectivity index (χ2n) is 3.98. The van der Waals surface area contributed by atoms with E-state index >= 15 is 0 Å². The van der Waals surface area contributed by atoms with E-state index in [0.29, 0.717) is 18.8 Å².